The first kappa shape index (κ1) is 18.1. The van der Waals surface area contributed by atoms with Gasteiger partial charge in [-0.25, -0.2) is 0 Å². The summed E-state index contributed by atoms with van der Waals surface area (Å²) in [7, 11) is 0. The number of benzene rings is 3. The average Bonchev–Trinajstić information content (AvgIpc) is 3.03. The Kier molecular flexibility index (Phi) is 4.62. The highest BCUT2D eigenvalue weighted by molar-refractivity contribution is 5.99. The van der Waals surface area contributed by atoms with Gasteiger partial charge in [-0.1, -0.05) is 30.3 Å². The number of carbonyl (C=O) groups excluding carboxylic acids is 2. The largest absolute Gasteiger partial charge is 0.494 e. The second kappa shape index (κ2) is 7.40. The Hall–Kier alpha value is -4.26. The standard InChI is InChI=1S/C22H15N3O4/c26-19(14-6-2-1-3-7-14)23-24-20(27)15-10-12-16(13-11-15)25-21(28)17-8-4-5-9-18(17)22(25)29/h1-13,28-29H. The quantitative estimate of drug-likeness (QED) is 0.508. The lowest BCUT2D eigenvalue weighted by Crippen LogP contribution is -1.99. The van der Waals surface area contributed by atoms with E-state index in [0.717, 1.165) is 0 Å². The number of hydrogen-bond donors (Lipinski definition) is 2. The van der Waals surface area contributed by atoms with Crippen LogP contribution in [0, 0.1) is 0 Å². The van der Waals surface area contributed by atoms with Gasteiger partial charge in [0, 0.05) is 21.9 Å². The number of amides is 2. The van der Waals surface area contributed by atoms with Gasteiger partial charge in [0.05, 0.1) is 5.69 Å². The fourth-order valence-electron chi connectivity index (χ4n) is 3.00. The summed E-state index contributed by atoms with van der Waals surface area (Å²) in [6, 6.07) is 21.3. The minimum Gasteiger partial charge on any atom is -0.494 e. The van der Waals surface area contributed by atoms with Gasteiger partial charge in [-0.05, 0) is 48.5 Å². The highest BCUT2D eigenvalue weighted by Crippen LogP contribution is 2.38. The molecule has 4 aromatic rings. The summed E-state index contributed by atoms with van der Waals surface area (Å²) in [4.78, 5) is 24.1. The average molecular weight is 385 g/mol. The van der Waals surface area contributed by atoms with Gasteiger partial charge in [0.25, 0.3) is 11.8 Å². The second-order valence-electron chi connectivity index (χ2n) is 6.25. The van der Waals surface area contributed by atoms with Crippen LogP contribution in [0.1, 0.15) is 20.7 Å². The van der Waals surface area contributed by atoms with E-state index in [2.05, 4.69) is 10.2 Å². The number of fused-ring (bicyclic) bond motifs is 1. The van der Waals surface area contributed by atoms with Crippen molar-refractivity contribution in [3.05, 3.63) is 90.0 Å². The Morgan fingerprint density at radius 1 is 0.621 bits per heavy atom. The van der Waals surface area contributed by atoms with Gasteiger partial charge in [0.1, 0.15) is 0 Å². The minimum absolute atomic E-state index is 0.106. The molecule has 4 rings (SSSR count). The molecular formula is C22H15N3O4. The molecule has 2 N–H and O–H groups in total. The Morgan fingerprint density at radius 2 is 1.07 bits per heavy atom. The Labute approximate surface area is 165 Å². The highest BCUT2D eigenvalue weighted by Gasteiger charge is 2.17. The van der Waals surface area contributed by atoms with E-state index in [1.807, 2.05) is 0 Å². The van der Waals surface area contributed by atoms with E-state index in [0.29, 0.717) is 22.0 Å². The molecule has 0 aliphatic heterocycles. The normalized spacial score (nSPS) is 11.2. The molecule has 0 radical (unpaired) electrons. The topological polar surface area (TPSA) is 104 Å². The van der Waals surface area contributed by atoms with Crippen molar-refractivity contribution in [1.82, 2.24) is 4.57 Å². The molecule has 0 bridgehead atoms. The number of rotatable bonds is 3. The second-order valence-corrected chi connectivity index (χ2v) is 6.25. The van der Waals surface area contributed by atoms with Gasteiger partial charge >= 0.3 is 0 Å². The van der Waals surface area contributed by atoms with Crippen LogP contribution in [0.3, 0.4) is 0 Å². The fraction of sp³-hybridized carbons (Fsp3) is 0. The predicted octanol–water partition coefficient (Wildman–Crippen LogP) is 4.47. The van der Waals surface area contributed by atoms with Gasteiger partial charge in [-0.3, -0.25) is 14.2 Å². The van der Waals surface area contributed by atoms with Gasteiger partial charge in [0.15, 0.2) is 0 Å². The summed E-state index contributed by atoms with van der Waals surface area (Å²) in [5.74, 6) is -1.49. The molecule has 0 spiro atoms. The zero-order valence-corrected chi connectivity index (χ0v) is 15.1. The van der Waals surface area contributed by atoms with E-state index in [-0.39, 0.29) is 17.3 Å². The molecule has 2 amide bonds. The molecule has 142 valence electrons. The first-order valence-corrected chi connectivity index (χ1v) is 8.73. The Balaban J connectivity index is 1.58. The first-order chi connectivity index (χ1) is 14.1. The molecule has 7 nitrogen and oxygen atoms in total. The van der Waals surface area contributed by atoms with Crippen LogP contribution < -0.4 is 0 Å². The van der Waals surface area contributed by atoms with Crippen molar-refractivity contribution in [3.8, 4) is 17.4 Å². The van der Waals surface area contributed by atoms with Crippen LogP contribution in [0.2, 0.25) is 0 Å². The number of azo groups is 1. The number of aromatic hydroxyl groups is 2. The van der Waals surface area contributed by atoms with Crippen LogP contribution in [0.5, 0.6) is 11.8 Å². The molecular weight excluding hydrogens is 370 g/mol. The van der Waals surface area contributed by atoms with E-state index in [9.17, 15) is 19.8 Å². The zero-order valence-electron chi connectivity index (χ0n) is 15.1. The summed E-state index contributed by atoms with van der Waals surface area (Å²) in [5, 5.41) is 28.8. The number of nitrogens with zero attached hydrogens (tertiary/aromatic N) is 3. The van der Waals surface area contributed by atoms with Crippen molar-refractivity contribution in [2.24, 2.45) is 10.2 Å². The summed E-state index contributed by atoms with van der Waals surface area (Å²) in [5.41, 5.74) is 1.02. The molecule has 3 aromatic carbocycles. The molecule has 0 fully saturated rings. The monoisotopic (exact) mass is 385 g/mol. The fourth-order valence-corrected chi connectivity index (χ4v) is 3.00. The lowest BCUT2D eigenvalue weighted by molar-refractivity contribution is 0.0947. The van der Waals surface area contributed by atoms with Crippen molar-refractivity contribution in [3.63, 3.8) is 0 Å². The summed E-state index contributed by atoms with van der Waals surface area (Å²) < 4.78 is 1.28. The lowest BCUT2D eigenvalue weighted by Gasteiger charge is -2.07. The molecule has 0 saturated heterocycles. The van der Waals surface area contributed by atoms with Crippen LogP contribution in [0.4, 0.5) is 0 Å². The van der Waals surface area contributed by atoms with Crippen LogP contribution in [0.25, 0.3) is 16.5 Å². The molecule has 1 heterocycles. The minimum atomic E-state index is -0.674. The third-order valence-corrected chi connectivity index (χ3v) is 4.46. The smallest absolute Gasteiger partial charge is 0.295 e. The maximum absolute atomic E-state index is 12.2. The van der Waals surface area contributed by atoms with Gasteiger partial charge < -0.3 is 10.2 Å². The van der Waals surface area contributed by atoms with Crippen molar-refractivity contribution >= 4 is 22.6 Å². The van der Waals surface area contributed by atoms with Crippen LogP contribution in [0.15, 0.2) is 89.1 Å². The van der Waals surface area contributed by atoms with E-state index in [1.54, 1.807) is 66.7 Å². The van der Waals surface area contributed by atoms with E-state index in [4.69, 9.17) is 0 Å². The SMILES string of the molecule is O=C(N=NC(=O)c1ccc(-n2c(O)c3ccccc3c2O)cc1)c1ccccc1. The van der Waals surface area contributed by atoms with Crippen molar-refractivity contribution < 1.29 is 19.8 Å². The third kappa shape index (κ3) is 3.37. The van der Waals surface area contributed by atoms with Gasteiger partial charge in [-0.15, -0.1) is 10.2 Å². The Morgan fingerprint density at radius 3 is 1.59 bits per heavy atom. The third-order valence-electron chi connectivity index (χ3n) is 4.46. The molecule has 0 atom stereocenters. The Bertz CT molecular complexity index is 1200. The van der Waals surface area contributed by atoms with Crippen molar-refractivity contribution in [2.45, 2.75) is 0 Å². The molecule has 0 unspecified atom stereocenters. The van der Waals surface area contributed by atoms with Crippen LogP contribution in [-0.4, -0.2) is 26.6 Å². The number of aromatic nitrogens is 1. The predicted molar refractivity (Wildman–Crippen MR) is 107 cm³/mol. The van der Waals surface area contributed by atoms with Crippen LogP contribution in [-0.2, 0) is 0 Å². The van der Waals surface area contributed by atoms with Crippen molar-refractivity contribution in [2.75, 3.05) is 0 Å². The molecule has 29 heavy (non-hydrogen) atoms. The first-order valence-electron chi connectivity index (χ1n) is 8.73. The summed E-state index contributed by atoms with van der Waals surface area (Å²) >= 11 is 0. The maximum Gasteiger partial charge on any atom is 0.295 e. The number of carbonyl (C=O) groups is 2. The molecule has 0 aliphatic carbocycles. The summed E-state index contributed by atoms with van der Waals surface area (Å²) in [6.07, 6.45) is 0. The maximum atomic E-state index is 12.2. The highest BCUT2D eigenvalue weighted by atomic mass is 16.3. The zero-order chi connectivity index (χ0) is 20.4. The number of hydrogen-bond acceptors (Lipinski definition) is 4. The molecule has 0 aliphatic rings. The van der Waals surface area contributed by atoms with E-state index >= 15 is 0 Å². The van der Waals surface area contributed by atoms with E-state index < -0.39 is 11.8 Å². The van der Waals surface area contributed by atoms with Gasteiger partial charge in [0.2, 0.25) is 11.8 Å². The molecule has 1 aromatic heterocycles. The van der Waals surface area contributed by atoms with Gasteiger partial charge in [-0.2, -0.15) is 0 Å². The molecule has 7 heteroatoms. The molecule has 0 saturated carbocycles. The summed E-state index contributed by atoms with van der Waals surface area (Å²) in [6.45, 7) is 0. The van der Waals surface area contributed by atoms with Crippen LogP contribution >= 0.6 is 0 Å². The van der Waals surface area contributed by atoms with Crippen molar-refractivity contribution in [1.29, 1.82) is 0 Å². The van der Waals surface area contributed by atoms with E-state index in [1.165, 1.54) is 16.7 Å². The lowest BCUT2D eigenvalue weighted by atomic mass is 10.2.